The summed E-state index contributed by atoms with van der Waals surface area (Å²) in [5.74, 6) is -0.194. The molecule has 0 aliphatic carbocycles. The van der Waals surface area contributed by atoms with Crippen molar-refractivity contribution in [2.24, 2.45) is 0 Å². The first-order chi connectivity index (χ1) is 7.70. The van der Waals surface area contributed by atoms with Crippen LogP contribution in [0.15, 0.2) is 24.9 Å². The number of hydrogen-bond donors (Lipinski definition) is 1. The molecule has 0 radical (unpaired) electrons. The quantitative estimate of drug-likeness (QED) is 0.572. The van der Waals surface area contributed by atoms with Crippen LogP contribution >= 0.6 is 0 Å². The fraction of sp³-hybridized carbons (Fsp3) is 0. The number of nitrogens with two attached hydrogens (primary N) is 1. The van der Waals surface area contributed by atoms with Crippen molar-refractivity contribution in [3.05, 3.63) is 35.0 Å². The van der Waals surface area contributed by atoms with E-state index in [0.29, 0.717) is 0 Å². The van der Waals surface area contributed by atoms with Gasteiger partial charge >= 0.3 is 5.69 Å². The van der Waals surface area contributed by atoms with Gasteiger partial charge < -0.3 is 5.73 Å². The number of aromatic nitrogens is 4. The smallest absolute Gasteiger partial charge is 0.338 e. The lowest BCUT2D eigenvalue weighted by Gasteiger charge is -2.01. The lowest BCUT2D eigenvalue weighted by atomic mass is 10.2. The number of anilines is 1. The van der Waals surface area contributed by atoms with Crippen LogP contribution in [0.2, 0.25) is 0 Å². The molecular formula is C8H6N6O2. The normalized spacial score (nSPS) is 10.0. The molecule has 0 amide bonds. The Balaban J connectivity index is 2.66. The van der Waals surface area contributed by atoms with Crippen molar-refractivity contribution in [2.45, 2.75) is 0 Å². The minimum absolute atomic E-state index is 0.0607. The highest BCUT2D eigenvalue weighted by molar-refractivity contribution is 5.72. The van der Waals surface area contributed by atoms with Crippen molar-refractivity contribution < 1.29 is 4.92 Å². The third-order valence-corrected chi connectivity index (χ3v) is 1.84. The Morgan fingerprint density at radius 1 is 1.25 bits per heavy atom. The van der Waals surface area contributed by atoms with Crippen LogP contribution in [0.1, 0.15) is 0 Å². The Hall–Kier alpha value is -2.64. The molecule has 2 heterocycles. The van der Waals surface area contributed by atoms with Gasteiger partial charge in [-0.2, -0.15) is 0 Å². The summed E-state index contributed by atoms with van der Waals surface area (Å²) in [7, 11) is 0. The SMILES string of the molecule is Nc1ncnc(-c2cnccn2)c1[N+](=O)[O-]. The fourth-order valence-corrected chi connectivity index (χ4v) is 1.18. The average molecular weight is 218 g/mol. The summed E-state index contributed by atoms with van der Waals surface area (Å²) in [6.45, 7) is 0. The number of hydrogen-bond acceptors (Lipinski definition) is 7. The molecule has 0 aliphatic rings. The van der Waals surface area contributed by atoms with E-state index in [1.807, 2.05) is 0 Å². The van der Waals surface area contributed by atoms with Crippen LogP contribution in [0.5, 0.6) is 0 Å². The van der Waals surface area contributed by atoms with Gasteiger partial charge in [-0.3, -0.25) is 20.1 Å². The molecule has 0 bridgehead atoms. The van der Waals surface area contributed by atoms with Gasteiger partial charge in [-0.05, 0) is 0 Å². The van der Waals surface area contributed by atoms with Gasteiger partial charge in [0, 0.05) is 12.4 Å². The first-order valence-corrected chi connectivity index (χ1v) is 4.21. The van der Waals surface area contributed by atoms with E-state index in [4.69, 9.17) is 5.73 Å². The minimum Gasteiger partial charge on any atom is -0.378 e. The van der Waals surface area contributed by atoms with Crippen molar-refractivity contribution in [3.63, 3.8) is 0 Å². The molecule has 0 atom stereocenters. The lowest BCUT2D eigenvalue weighted by molar-refractivity contribution is -0.383. The number of nitro groups is 1. The van der Waals surface area contributed by atoms with Crippen LogP contribution in [-0.2, 0) is 0 Å². The third-order valence-electron chi connectivity index (χ3n) is 1.84. The second-order valence-electron chi connectivity index (χ2n) is 2.80. The number of nitrogen functional groups attached to an aromatic ring is 1. The highest BCUT2D eigenvalue weighted by Gasteiger charge is 2.22. The Bertz CT molecular complexity index is 529. The molecule has 0 fully saturated rings. The zero-order valence-electron chi connectivity index (χ0n) is 7.94. The molecule has 0 aliphatic heterocycles. The summed E-state index contributed by atoms with van der Waals surface area (Å²) in [5.41, 5.74) is 5.40. The fourth-order valence-electron chi connectivity index (χ4n) is 1.18. The predicted molar refractivity (Wildman–Crippen MR) is 54.1 cm³/mol. The summed E-state index contributed by atoms with van der Waals surface area (Å²) in [6, 6.07) is 0. The van der Waals surface area contributed by atoms with Crippen molar-refractivity contribution in [1.82, 2.24) is 19.9 Å². The van der Waals surface area contributed by atoms with Gasteiger partial charge in [0.25, 0.3) is 0 Å². The molecule has 2 aromatic heterocycles. The number of rotatable bonds is 2. The van der Waals surface area contributed by atoms with Crippen molar-refractivity contribution in [3.8, 4) is 11.4 Å². The van der Waals surface area contributed by atoms with Crippen LogP contribution in [0.25, 0.3) is 11.4 Å². The largest absolute Gasteiger partial charge is 0.378 e. The Morgan fingerprint density at radius 3 is 2.69 bits per heavy atom. The molecule has 16 heavy (non-hydrogen) atoms. The van der Waals surface area contributed by atoms with E-state index in [2.05, 4.69) is 19.9 Å². The summed E-state index contributed by atoms with van der Waals surface area (Å²) in [5, 5.41) is 10.8. The van der Waals surface area contributed by atoms with Crippen molar-refractivity contribution in [1.29, 1.82) is 0 Å². The van der Waals surface area contributed by atoms with Crippen molar-refractivity contribution >= 4 is 11.5 Å². The molecule has 80 valence electrons. The summed E-state index contributed by atoms with van der Waals surface area (Å²) >= 11 is 0. The van der Waals surface area contributed by atoms with E-state index < -0.39 is 4.92 Å². The van der Waals surface area contributed by atoms with Gasteiger partial charge in [-0.15, -0.1) is 0 Å². The Kier molecular flexibility index (Phi) is 2.38. The van der Waals surface area contributed by atoms with E-state index in [-0.39, 0.29) is 22.9 Å². The molecule has 0 unspecified atom stereocenters. The molecule has 0 spiro atoms. The van der Waals surface area contributed by atoms with E-state index in [1.165, 1.54) is 18.6 Å². The number of nitrogens with zero attached hydrogens (tertiary/aromatic N) is 5. The molecular weight excluding hydrogens is 212 g/mol. The summed E-state index contributed by atoms with van der Waals surface area (Å²) in [6.07, 6.45) is 5.39. The second kappa shape index (κ2) is 3.85. The standard InChI is InChI=1S/C8H6N6O2/c9-8-7(14(15)16)6(12-4-13-8)5-3-10-1-2-11-5/h1-4H,(H2,9,12,13). The van der Waals surface area contributed by atoms with Gasteiger partial charge in [0.1, 0.15) is 12.0 Å². The molecule has 0 saturated carbocycles. The van der Waals surface area contributed by atoms with E-state index >= 15 is 0 Å². The lowest BCUT2D eigenvalue weighted by Crippen LogP contribution is -2.03. The zero-order valence-corrected chi connectivity index (χ0v) is 7.94. The van der Waals surface area contributed by atoms with E-state index in [0.717, 1.165) is 6.33 Å². The highest BCUT2D eigenvalue weighted by atomic mass is 16.6. The second-order valence-corrected chi connectivity index (χ2v) is 2.80. The van der Waals surface area contributed by atoms with Gasteiger partial charge in [0.2, 0.25) is 5.82 Å². The van der Waals surface area contributed by atoms with Gasteiger partial charge in [0.05, 0.1) is 11.1 Å². The van der Waals surface area contributed by atoms with Crippen LogP contribution in [0.4, 0.5) is 11.5 Å². The maximum Gasteiger partial charge on any atom is 0.338 e. The highest BCUT2D eigenvalue weighted by Crippen LogP contribution is 2.28. The van der Waals surface area contributed by atoms with E-state index in [9.17, 15) is 10.1 Å². The molecule has 8 nitrogen and oxygen atoms in total. The Morgan fingerprint density at radius 2 is 2.06 bits per heavy atom. The van der Waals surface area contributed by atoms with Gasteiger partial charge in [-0.25, -0.2) is 9.97 Å². The molecule has 0 aromatic carbocycles. The minimum atomic E-state index is -0.640. The molecule has 0 saturated heterocycles. The summed E-state index contributed by atoms with van der Waals surface area (Å²) in [4.78, 5) is 25.3. The first kappa shape index (κ1) is 9.90. The average Bonchev–Trinajstić information content (AvgIpc) is 2.29. The molecule has 8 heteroatoms. The molecule has 2 N–H and O–H groups in total. The van der Waals surface area contributed by atoms with Crippen molar-refractivity contribution in [2.75, 3.05) is 5.73 Å². The van der Waals surface area contributed by atoms with Crippen LogP contribution in [0.3, 0.4) is 0 Å². The van der Waals surface area contributed by atoms with Crippen LogP contribution in [0, 0.1) is 10.1 Å². The maximum atomic E-state index is 10.8. The van der Waals surface area contributed by atoms with Gasteiger partial charge in [-0.1, -0.05) is 0 Å². The third kappa shape index (κ3) is 1.63. The summed E-state index contributed by atoms with van der Waals surface area (Å²) < 4.78 is 0. The Labute approximate surface area is 89.4 Å². The van der Waals surface area contributed by atoms with Crippen LogP contribution in [-0.4, -0.2) is 24.9 Å². The predicted octanol–water partition coefficient (Wildman–Crippen LogP) is 0.424. The molecule has 2 rings (SSSR count). The molecule has 2 aromatic rings. The monoisotopic (exact) mass is 218 g/mol. The van der Waals surface area contributed by atoms with Crippen LogP contribution < -0.4 is 5.73 Å². The zero-order chi connectivity index (χ0) is 11.5. The maximum absolute atomic E-state index is 10.8. The first-order valence-electron chi connectivity index (χ1n) is 4.21. The van der Waals surface area contributed by atoms with E-state index in [1.54, 1.807) is 0 Å². The van der Waals surface area contributed by atoms with Gasteiger partial charge in [0.15, 0.2) is 5.69 Å². The topological polar surface area (TPSA) is 121 Å².